The predicted octanol–water partition coefficient (Wildman–Crippen LogP) is 13.8. The van der Waals surface area contributed by atoms with Crippen molar-refractivity contribution >= 4 is 13.8 Å². The molecule has 0 bridgehead atoms. The number of ether oxygens (including phenoxy) is 2. The molecule has 0 rings (SSSR count). The Morgan fingerprint density at radius 3 is 1.46 bits per heavy atom. The third-order valence-corrected chi connectivity index (χ3v) is 10.6. The van der Waals surface area contributed by atoms with Gasteiger partial charge < -0.3 is 20.1 Å². The normalized spacial score (nSPS) is 13.7. The summed E-state index contributed by atoms with van der Waals surface area (Å²) in [5.74, 6) is -0.394. The first-order chi connectivity index (χ1) is 26.4. The second-order valence-electron chi connectivity index (χ2n) is 15.0. The van der Waals surface area contributed by atoms with Crippen molar-refractivity contribution in [1.29, 1.82) is 0 Å². The summed E-state index contributed by atoms with van der Waals surface area (Å²) in [5, 5.41) is 0. The van der Waals surface area contributed by atoms with Crippen molar-refractivity contribution in [3.63, 3.8) is 0 Å². The van der Waals surface area contributed by atoms with Crippen molar-refractivity contribution in [3.8, 4) is 0 Å². The number of phosphoric ester groups is 1. The largest absolute Gasteiger partial charge is 0.498 e. The van der Waals surface area contributed by atoms with Crippen molar-refractivity contribution in [2.75, 3.05) is 26.4 Å². The lowest BCUT2D eigenvalue weighted by atomic mass is 10.0. The van der Waals surface area contributed by atoms with E-state index < -0.39 is 19.9 Å². The fourth-order valence-corrected chi connectivity index (χ4v) is 7.06. The molecule has 0 amide bonds. The highest BCUT2D eigenvalue weighted by Gasteiger charge is 2.25. The number of nitrogens with two attached hydrogens (primary N) is 1. The molecule has 0 spiro atoms. The topological polar surface area (TPSA) is 117 Å². The van der Waals surface area contributed by atoms with Crippen molar-refractivity contribution in [2.24, 2.45) is 5.73 Å². The van der Waals surface area contributed by atoms with Crippen molar-refractivity contribution in [3.05, 3.63) is 36.6 Å². The number of unbranched alkanes of at least 4 members (excludes halogenated alkanes) is 26. The average molecular weight is 784 g/mol. The first-order valence-corrected chi connectivity index (χ1v) is 24.0. The van der Waals surface area contributed by atoms with E-state index >= 15 is 0 Å². The molecule has 0 aliphatic heterocycles. The van der Waals surface area contributed by atoms with Crippen LogP contribution in [-0.4, -0.2) is 43.3 Å². The Labute approximate surface area is 333 Å². The molecule has 0 aliphatic rings. The standard InChI is InChI=1S/C45H86NO7P/c1-3-5-7-9-11-13-15-17-19-21-23-25-27-29-31-33-35-37-40-50-42-44(43-52-54(48,49)51-41-39-46)53-45(47)38-36-34-32-30-28-26-24-22-20-18-16-14-12-10-8-6-4-2/h24,26,30,32,37,40,44H,3-23,25,27-29,31,33-36,38-39,41-43,46H2,1-2H3,(H,48,49)/b26-24+,32-30+,40-37+/t44-/m1/s1. The van der Waals surface area contributed by atoms with Gasteiger partial charge in [-0.15, -0.1) is 0 Å². The minimum Gasteiger partial charge on any atom is -0.498 e. The molecular formula is C45H86NO7P. The van der Waals surface area contributed by atoms with Crippen LogP contribution in [0.25, 0.3) is 0 Å². The highest BCUT2D eigenvalue weighted by molar-refractivity contribution is 7.47. The van der Waals surface area contributed by atoms with Crippen LogP contribution in [0.2, 0.25) is 0 Å². The molecule has 0 saturated heterocycles. The number of hydrogen-bond acceptors (Lipinski definition) is 7. The Bertz CT molecular complexity index is 926. The molecule has 0 aromatic rings. The van der Waals surface area contributed by atoms with Gasteiger partial charge in [-0.3, -0.25) is 13.8 Å². The third kappa shape index (κ3) is 41.7. The van der Waals surface area contributed by atoms with E-state index in [0.29, 0.717) is 6.42 Å². The van der Waals surface area contributed by atoms with Gasteiger partial charge in [0.1, 0.15) is 6.61 Å². The second kappa shape index (κ2) is 42.7. The molecule has 8 nitrogen and oxygen atoms in total. The number of carbonyl (C=O) groups is 1. The molecule has 0 aromatic carbocycles. The SMILES string of the molecule is CCCCCCCCCCC/C=C/C/C=C/CCCC(=O)O[C@H](CO/C=C/CCCCCCCCCCCCCCCCCC)COP(=O)(O)OCCN. The van der Waals surface area contributed by atoms with E-state index in [4.69, 9.17) is 24.3 Å². The van der Waals surface area contributed by atoms with E-state index in [9.17, 15) is 14.3 Å². The van der Waals surface area contributed by atoms with Gasteiger partial charge in [-0.25, -0.2) is 4.57 Å². The predicted molar refractivity (Wildman–Crippen MR) is 229 cm³/mol. The summed E-state index contributed by atoms with van der Waals surface area (Å²) in [6, 6.07) is 0. The summed E-state index contributed by atoms with van der Waals surface area (Å²) < 4.78 is 33.2. The van der Waals surface area contributed by atoms with Crippen LogP contribution in [-0.2, 0) is 27.9 Å². The van der Waals surface area contributed by atoms with Gasteiger partial charge in [-0.1, -0.05) is 186 Å². The molecular weight excluding hydrogens is 697 g/mol. The quantitative estimate of drug-likeness (QED) is 0.0206. The molecule has 2 atom stereocenters. The molecule has 0 radical (unpaired) electrons. The maximum atomic E-state index is 12.6. The number of allylic oxidation sites excluding steroid dienone is 5. The summed E-state index contributed by atoms with van der Waals surface area (Å²) in [5.41, 5.74) is 5.36. The van der Waals surface area contributed by atoms with Crippen molar-refractivity contribution < 1.29 is 32.8 Å². The van der Waals surface area contributed by atoms with Gasteiger partial charge in [0, 0.05) is 13.0 Å². The molecule has 0 aromatic heterocycles. The van der Waals surface area contributed by atoms with Gasteiger partial charge in [0.2, 0.25) is 0 Å². The lowest BCUT2D eigenvalue weighted by molar-refractivity contribution is -0.153. The van der Waals surface area contributed by atoms with Crippen LogP contribution in [0.4, 0.5) is 0 Å². The Morgan fingerprint density at radius 2 is 1.00 bits per heavy atom. The lowest BCUT2D eigenvalue weighted by Gasteiger charge is -2.19. The fourth-order valence-electron chi connectivity index (χ4n) is 6.30. The Morgan fingerprint density at radius 1 is 0.574 bits per heavy atom. The van der Waals surface area contributed by atoms with E-state index in [2.05, 4.69) is 38.2 Å². The van der Waals surface area contributed by atoms with Crippen LogP contribution in [0.5, 0.6) is 0 Å². The zero-order valence-electron chi connectivity index (χ0n) is 35.2. The molecule has 0 aliphatic carbocycles. The van der Waals surface area contributed by atoms with Gasteiger partial charge in [-0.2, -0.15) is 0 Å². The summed E-state index contributed by atoms with van der Waals surface area (Å²) in [7, 11) is -4.30. The maximum Gasteiger partial charge on any atom is 0.472 e. The van der Waals surface area contributed by atoms with Gasteiger partial charge in [0.05, 0.1) is 19.5 Å². The molecule has 54 heavy (non-hydrogen) atoms. The van der Waals surface area contributed by atoms with E-state index in [1.165, 1.54) is 154 Å². The lowest BCUT2D eigenvalue weighted by Crippen LogP contribution is -2.27. The van der Waals surface area contributed by atoms with Crippen LogP contribution >= 0.6 is 7.82 Å². The summed E-state index contributed by atoms with van der Waals surface area (Å²) in [4.78, 5) is 22.4. The maximum absolute atomic E-state index is 12.6. The molecule has 0 heterocycles. The summed E-state index contributed by atoms with van der Waals surface area (Å²) in [6.07, 6.45) is 49.8. The van der Waals surface area contributed by atoms with E-state index in [1.54, 1.807) is 6.26 Å². The van der Waals surface area contributed by atoms with Crippen LogP contribution in [0.15, 0.2) is 36.6 Å². The first-order valence-electron chi connectivity index (χ1n) is 22.5. The summed E-state index contributed by atoms with van der Waals surface area (Å²) >= 11 is 0. The minimum atomic E-state index is -4.30. The molecule has 9 heteroatoms. The summed E-state index contributed by atoms with van der Waals surface area (Å²) in [6.45, 7) is 4.21. The zero-order valence-corrected chi connectivity index (χ0v) is 36.1. The number of rotatable bonds is 43. The van der Waals surface area contributed by atoms with Gasteiger partial charge in [0.15, 0.2) is 6.10 Å². The van der Waals surface area contributed by atoms with E-state index in [0.717, 1.165) is 32.1 Å². The third-order valence-electron chi connectivity index (χ3n) is 9.62. The Balaban J connectivity index is 4.11. The molecule has 0 saturated carbocycles. The molecule has 1 unspecified atom stereocenters. The van der Waals surface area contributed by atoms with Gasteiger partial charge in [0.25, 0.3) is 0 Å². The zero-order chi connectivity index (χ0) is 39.5. The smallest absolute Gasteiger partial charge is 0.472 e. The Hall–Kier alpha value is -1.44. The van der Waals surface area contributed by atoms with Crippen LogP contribution in [0.1, 0.15) is 213 Å². The number of phosphoric acid groups is 1. The highest BCUT2D eigenvalue weighted by atomic mass is 31.2. The number of esters is 1. The monoisotopic (exact) mass is 784 g/mol. The second-order valence-corrected chi connectivity index (χ2v) is 16.4. The first kappa shape index (κ1) is 52.6. The fraction of sp³-hybridized carbons (Fsp3) is 0.844. The Kier molecular flexibility index (Phi) is 41.6. The van der Waals surface area contributed by atoms with Crippen LogP contribution in [0.3, 0.4) is 0 Å². The molecule has 0 fully saturated rings. The minimum absolute atomic E-state index is 0.0172. The number of hydrogen-bond donors (Lipinski definition) is 2. The van der Waals surface area contributed by atoms with Gasteiger partial charge >= 0.3 is 13.8 Å². The number of carbonyl (C=O) groups excluding carboxylic acids is 1. The molecule has 318 valence electrons. The van der Waals surface area contributed by atoms with Crippen molar-refractivity contribution in [2.45, 2.75) is 219 Å². The van der Waals surface area contributed by atoms with Crippen LogP contribution in [0, 0.1) is 0 Å². The molecule has 3 N–H and O–H groups in total. The highest BCUT2D eigenvalue weighted by Crippen LogP contribution is 2.43. The van der Waals surface area contributed by atoms with Crippen molar-refractivity contribution in [1.82, 2.24) is 0 Å². The van der Waals surface area contributed by atoms with E-state index in [-0.39, 0.29) is 32.8 Å². The van der Waals surface area contributed by atoms with E-state index in [1.807, 2.05) is 6.08 Å². The van der Waals surface area contributed by atoms with Gasteiger partial charge in [-0.05, 0) is 51.0 Å². The van der Waals surface area contributed by atoms with Crippen LogP contribution < -0.4 is 5.73 Å². The average Bonchev–Trinajstić information content (AvgIpc) is 3.16.